The second-order valence-electron chi connectivity index (χ2n) is 3.28. The lowest BCUT2D eigenvalue weighted by Gasteiger charge is -2.24. The van der Waals surface area contributed by atoms with Gasteiger partial charge < -0.3 is 11.1 Å². The quantitative estimate of drug-likeness (QED) is 0.627. The molecule has 1 heterocycles. The molecule has 0 saturated carbocycles. The minimum atomic E-state index is -1.59. The minimum Gasteiger partial charge on any atom is -0.370 e. The number of nitrogens with zero attached hydrogens (tertiary/aromatic N) is 2. The molecule has 5 N–H and O–H groups in total. The summed E-state index contributed by atoms with van der Waals surface area (Å²) in [4.78, 5) is 7.60. The molecular formula is C9H9F2N5. The van der Waals surface area contributed by atoms with Crippen molar-refractivity contribution in [2.45, 2.75) is 5.79 Å². The molecule has 1 aromatic carbocycles. The highest BCUT2D eigenvalue weighted by molar-refractivity contribution is 5.90. The Morgan fingerprint density at radius 2 is 1.81 bits per heavy atom. The summed E-state index contributed by atoms with van der Waals surface area (Å²) < 4.78 is 26.0. The van der Waals surface area contributed by atoms with E-state index in [0.29, 0.717) is 0 Å². The molecule has 1 unspecified atom stereocenters. The molecule has 0 aliphatic carbocycles. The van der Waals surface area contributed by atoms with Crippen LogP contribution in [0, 0.1) is 11.6 Å². The summed E-state index contributed by atoms with van der Waals surface area (Å²) in [6.07, 6.45) is 1.23. The average Bonchev–Trinajstić information content (AvgIpc) is 2.15. The maximum Gasteiger partial charge on any atom is 0.234 e. The Morgan fingerprint density at radius 1 is 1.19 bits per heavy atom. The number of rotatable bonds is 1. The van der Waals surface area contributed by atoms with Gasteiger partial charge in [0, 0.05) is 11.6 Å². The van der Waals surface area contributed by atoms with Crippen LogP contribution in [0.1, 0.15) is 5.56 Å². The van der Waals surface area contributed by atoms with Crippen LogP contribution in [0.4, 0.5) is 8.78 Å². The molecule has 1 aliphatic heterocycles. The Kier molecular flexibility index (Phi) is 2.31. The number of hydrogen-bond acceptors (Lipinski definition) is 5. The zero-order chi connectivity index (χ0) is 11.8. The van der Waals surface area contributed by atoms with E-state index in [0.717, 1.165) is 18.2 Å². The molecule has 0 radical (unpaired) electrons. The predicted octanol–water partition coefficient (Wildman–Crippen LogP) is -0.0200. The Morgan fingerprint density at radius 3 is 2.38 bits per heavy atom. The predicted molar refractivity (Wildman–Crippen MR) is 55.5 cm³/mol. The minimum absolute atomic E-state index is 0.0298. The fourth-order valence-electron chi connectivity index (χ4n) is 1.35. The Hall–Kier alpha value is -2.02. The SMILES string of the molecule is NC1=NC(N)(c2cc(F)cc(F)c2)N=CN1. The van der Waals surface area contributed by atoms with Gasteiger partial charge in [-0.1, -0.05) is 0 Å². The van der Waals surface area contributed by atoms with Crippen LogP contribution in [0.3, 0.4) is 0 Å². The van der Waals surface area contributed by atoms with Crippen LogP contribution >= 0.6 is 0 Å². The highest BCUT2D eigenvalue weighted by Gasteiger charge is 2.28. The summed E-state index contributed by atoms with van der Waals surface area (Å²) in [7, 11) is 0. The van der Waals surface area contributed by atoms with Crippen molar-refractivity contribution in [1.82, 2.24) is 5.32 Å². The van der Waals surface area contributed by atoms with Crippen molar-refractivity contribution in [2.24, 2.45) is 21.5 Å². The van der Waals surface area contributed by atoms with E-state index in [1.54, 1.807) is 0 Å². The lowest BCUT2D eigenvalue weighted by molar-refractivity contribution is 0.476. The third-order valence-electron chi connectivity index (χ3n) is 2.05. The van der Waals surface area contributed by atoms with Gasteiger partial charge in [0.1, 0.15) is 11.6 Å². The molecule has 0 spiro atoms. The number of hydrogen-bond donors (Lipinski definition) is 3. The van der Waals surface area contributed by atoms with Gasteiger partial charge in [-0.3, -0.25) is 5.73 Å². The number of halogens is 2. The molecular weight excluding hydrogens is 216 g/mol. The van der Waals surface area contributed by atoms with Crippen LogP contribution in [0.2, 0.25) is 0 Å². The number of nitrogens with two attached hydrogens (primary N) is 2. The first-order valence-corrected chi connectivity index (χ1v) is 4.41. The van der Waals surface area contributed by atoms with Gasteiger partial charge in [0.25, 0.3) is 0 Å². The van der Waals surface area contributed by atoms with Crippen LogP contribution in [-0.2, 0) is 5.79 Å². The molecule has 1 aliphatic rings. The van der Waals surface area contributed by atoms with Crippen LogP contribution in [0.25, 0.3) is 0 Å². The van der Waals surface area contributed by atoms with Gasteiger partial charge in [0.05, 0.1) is 6.34 Å². The lowest BCUT2D eigenvalue weighted by atomic mass is 10.1. The zero-order valence-electron chi connectivity index (χ0n) is 8.11. The summed E-state index contributed by atoms with van der Waals surface area (Å²) in [5, 5.41) is 2.50. The molecule has 1 aromatic rings. The fourth-order valence-corrected chi connectivity index (χ4v) is 1.35. The number of guanidine groups is 1. The monoisotopic (exact) mass is 225 g/mol. The second-order valence-corrected chi connectivity index (χ2v) is 3.28. The van der Waals surface area contributed by atoms with Crippen molar-refractivity contribution in [2.75, 3.05) is 0 Å². The van der Waals surface area contributed by atoms with Crippen molar-refractivity contribution in [3.8, 4) is 0 Å². The van der Waals surface area contributed by atoms with Crippen LogP contribution < -0.4 is 16.8 Å². The first-order valence-electron chi connectivity index (χ1n) is 4.41. The number of nitrogens with one attached hydrogen (secondary N) is 1. The lowest BCUT2D eigenvalue weighted by Crippen LogP contribution is -2.44. The molecule has 0 amide bonds. The molecule has 1 atom stereocenters. The maximum absolute atomic E-state index is 13.0. The van der Waals surface area contributed by atoms with Crippen LogP contribution in [0.5, 0.6) is 0 Å². The summed E-state index contributed by atoms with van der Waals surface area (Å²) >= 11 is 0. The molecule has 7 heteroatoms. The second kappa shape index (κ2) is 3.53. The maximum atomic E-state index is 13.0. The third-order valence-corrected chi connectivity index (χ3v) is 2.05. The fraction of sp³-hybridized carbons (Fsp3) is 0.111. The number of aliphatic imine (C=N–C) groups is 2. The van der Waals surface area contributed by atoms with Gasteiger partial charge in [0.15, 0.2) is 5.96 Å². The zero-order valence-corrected chi connectivity index (χ0v) is 8.11. The van der Waals surface area contributed by atoms with Crippen LogP contribution in [-0.4, -0.2) is 12.3 Å². The van der Waals surface area contributed by atoms with Gasteiger partial charge in [-0.2, -0.15) is 0 Å². The summed E-state index contributed by atoms with van der Waals surface area (Å²) in [6, 6.07) is 2.86. The van der Waals surface area contributed by atoms with Crippen molar-refractivity contribution >= 4 is 12.3 Å². The van der Waals surface area contributed by atoms with E-state index in [1.165, 1.54) is 6.34 Å². The van der Waals surface area contributed by atoms with E-state index in [-0.39, 0.29) is 11.5 Å². The van der Waals surface area contributed by atoms with Gasteiger partial charge in [-0.25, -0.2) is 18.8 Å². The Labute approximate surface area is 89.9 Å². The van der Waals surface area contributed by atoms with E-state index >= 15 is 0 Å². The molecule has 0 aromatic heterocycles. The summed E-state index contributed by atoms with van der Waals surface area (Å²) in [6.45, 7) is 0. The van der Waals surface area contributed by atoms with Crippen molar-refractivity contribution in [3.05, 3.63) is 35.4 Å². The van der Waals surface area contributed by atoms with Crippen molar-refractivity contribution < 1.29 is 8.78 Å². The van der Waals surface area contributed by atoms with Gasteiger partial charge in [-0.15, -0.1) is 0 Å². The first kappa shape index (κ1) is 10.5. The van der Waals surface area contributed by atoms with Gasteiger partial charge in [0.2, 0.25) is 5.79 Å². The molecule has 0 fully saturated rings. The molecule has 0 saturated heterocycles. The standard InChI is InChI=1S/C9H9F2N5/c10-6-1-5(2-7(11)3-6)9(13)15-4-14-8(12)16-9/h1-4H,13H2,(H3,12,14,15,16). The van der Waals surface area contributed by atoms with Crippen molar-refractivity contribution in [3.63, 3.8) is 0 Å². The van der Waals surface area contributed by atoms with E-state index < -0.39 is 17.4 Å². The van der Waals surface area contributed by atoms with E-state index in [4.69, 9.17) is 11.5 Å². The van der Waals surface area contributed by atoms with E-state index in [2.05, 4.69) is 15.3 Å². The molecule has 0 bridgehead atoms. The molecule has 2 rings (SSSR count). The van der Waals surface area contributed by atoms with Crippen LogP contribution in [0.15, 0.2) is 28.2 Å². The summed E-state index contributed by atoms with van der Waals surface area (Å²) in [5.41, 5.74) is 11.3. The molecule has 16 heavy (non-hydrogen) atoms. The largest absolute Gasteiger partial charge is 0.370 e. The van der Waals surface area contributed by atoms with Gasteiger partial charge in [-0.05, 0) is 12.1 Å². The smallest absolute Gasteiger partial charge is 0.234 e. The Balaban J connectivity index is 2.50. The highest BCUT2D eigenvalue weighted by atomic mass is 19.1. The van der Waals surface area contributed by atoms with Gasteiger partial charge >= 0.3 is 0 Å². The van der Waals surface area contributed by atoms with E-state index in [1.807, 2.05) is 0 Å². The van der Waals surface area contributed by atoms with Crippen molar-refractivity contribution in [1.29, 1.82) is 0 Å². The number of benzene rings is 1. The summed E-state index contributed by atoms with van der Waals surface area (Å²) in [5.74, 6) is -3.05. The normalized spacial score (nSPS) is 23.8. The highest BCUT2D eigenvalue weighted by Crippen LogP contribution is 2.24. The Bertz CT molecular complexity index is 465. The molecule has 84 valence electrons. The topological polar surface area (TPSA) is 88.8 Å². The van der Waals surface area contributed by atoms with E-state index in [9.17, 15) is 8.78 Å². The average molecular weight is 225 g/mol. The molecule has 5 nitrogen and oxygen atoms in total. The third kappa shape index (κ3) is 1.84. The first-order chi connectivity index (χ1) is 7.49.